The number of nitrogens with zero attached hydrogens (tertiary/aromatic N) is 1. The molecule has 2 nitrogen and oxygen atoms in total. The van der Waals surface area contributed by atoms with Crippen molar-refractivity contribution in [2.45, 2.75) is 38.5 Å². The van der Waals surface area contributed by atoms with Gasteiger partial charge in [-0.3, -0.25) is 0 Å². The molecule has 62 valence electrons. The van der Waals surface area contributed by atoms with E-state index in [1.165, 1.54) is 32.1 Å². The fraction of sp³-hybridized carbons (Fsp3) is 0.889. The highest BCUT2D eigenvalue weighted by Crippen LogP contribution is 2.40. The van der Waals surface area contributed by atoms with E-state index in [0.717, 1.165) is 18.1 Å². The zero-order valence-electron chi connectivity index (χ0n) is 6.79. The molecule has 0 bridgehead atoms. The summed E-state index contributed by atoms with van der Waals surface area (Å²) in [6, 6.07) is 0. The van der Waals surface area contributed by atoms with Crippen molar-refractivity contribution in [3.8, 4) is 0 Å². The third-order valence-electron chi connectivity index (χ3n) is 3.24. The van der Waals surface area contributed by atoms with Gasteiger partial charge in [-0.25, -0.2) is 0 Å². The summed E-state index contributed by atoms with van der Waals surface area (Å²) in [7, 11) is 0. The second-order valence-corrected chi connectivity index (χ2v) is 3.78. The number of hydrogen-bond donors (Lipinski definition) is 1. The van der Waals surface area contributed by atoms with Gasteiger partial charge in [-0.05, 0) is 31.6 Å². The van der Waals surface area contributed by atoms with Crippen molar-refractivity contribution >= 4 is 5.71 Å². The molecule has 0 aromatic rings. The summed E-state index contributed by atoms with van der Waals surface area (Å²) in [4.78, 5) is 0. The molecular weight excluding hydrogens is 138 g/mol. The summed E-state index contributed by atoms with van der Waals surface area (Å²) in [5, 5.41) is 12.1. The molecule has 2 heteroatoms. The third kappa shape index (κ3) is 1.15. The summed E-state index contributed by atoms with van der Waals surface area (Å²) in [6.07, 6.45) is 7.67. The summed E-state index contributed by atoms with van der Waals surface area (Å²) >= 11 is 0. The van der Waals surface area contributed by atoms with Gasteiger partial charge < -0.3 is 5.21 Å². The third-order valence-corrected chi connectivity index (χ3v) is 3.24. The summed E-state index contributed by atoms with van der Waals surface area (Å²) < 4.78 is 0. The molecule has 2 fully saturated rings. The van der Waals surface area contributed by atoms with E-state index >= 15 is 0 Å². The van der Waals surface area contributed by atoms with Gasteiger partial charge in [0.1, 0.15) is 0 Å². The molecule has 2 unspecified atom stereocenters. The Morgan fingerprint density at radius 3 is 2.82 bits per heavy atom. The predicted octanol–water partition coefficient (Wildman–Crippen LogP) is 2.42. The normalized spacial score (nSPS) is 40.9. The van der Waals surface area contributed by atoms with Crippen LogP contribution in [0.1, 0.15) is 38.5 Å². The molecule has 2 saturated carbocycles. The van der Waals surface area contributed by atoms with Gasteiger partial charge >= 0.3 is 0 Å². The highest BCUT2D eigenvalue weighted by Gasteiger charge is 2.34. The van der Waals surface area contributed by atoms with E-state index in [-0.39, 0.29) is 0 Å². The van der Waals surface area contributed by atoms with Gasteiger partial charge in [0.15, 0.2) is 0 Å². The summed E-state index contributed by atoms with van der Waals surface area (Å²) in [6.45, 7) is 0. The summed E-state index contributed by atoms with van der Waals surface area (Å²) in [5.41, 5.74) is 1.08. The molecule has 11 heavy (non-hydrogen) atoms. The quantitative estimate of drug-likeness (QED) is 0.420. The van der Waals surface area contributed by atoms with Crippen molar-refractivity contribution in [1.29, 1.82) is 0 Å². The maximum absolute atomic E-state index is 8.69. The minimum atomic E-state index is 0.647. The molecule has 0 amide bonds. The van der Waals surface area contributed by atoms with Crippen LogP contribution in [0, 0.1) is 11.8 Å². The van der Waals surface area contributed by atoms with Gasteiger partial charge in [-0.15, -0.1) is 0 Å². The zero-order chi connectivity index (χ0) is 7.68. The Kier molecular flexibility index (Phi) is 1.84. The lowest BCUT2D eigenvalue weighted by Gasteiger charge is -2.24. The topological polar surface area (TPSA) is 32.6 Å². The maximum Gasteiger partial charge on any atom is 0.0604 e. The predicted molar refractivity (Wildman–Crippen MR) is 43.9 cm³/mol. The van der Waals surface area contributed by atoms with E-state index < -0.39 is 0 Å². The van der Waals surface area contributed by atoms with Crippen molar-refractivity contribution in [3.05, 3.63) is 0 Å². The highest BCUT2D eigenvalue weighted by atomic mass is 16.4. The molecule has 0 spiro atoms. The van der Waals surface area contributed by atoms with E-state index in [1.54, 1.807) is 0 Å². The van der Waals surface area contributed by atoms with Crippen LogP contribution in [-0.2, 0) is 0 Å². The molecule has 2 atom stereocenters. The first-order chi connectivity index (χ1) is 5.42. The van der Waals surface area contributed by atoms with E-state index in [9.17, 15) is 0 Å². The summed E-state index contributed by atoms with van der Waals surface area (Å²) in [5.74, 6) is 1.50. The van der Waals surface area contributed by atoms with E-state index in [0.29, 0.717) is 5.92 Å². The average molecular weight is 153 g/mol. The molecule has 0 aromatic carbocycles. The SMILES string of the molecule is O/N=C1\CCC2CCCCC12. The van der Waals surface area contributed by atoms with Crippen LogP contribution in [-0.4, -0.2) is 10.9 Å². The fourth-order valence-corrected chi connectivity index (χ4v) is 2.63. The van der Waals surface area contributed by atoms with Crippen LogP contribution in [0.15, 0.2) is 5.16 Å². The van der Waals surface area contributed by atoms with Crippen LogP contribution in [0.5, 0.6) is 0 Å². The van der Waals surface area contributed by atoms with E-state index in [1.807, 2.05) is 0 Å². The second kappa shape index (κ2) is 2.84. The first-order valence-corrected chi connectivity index (χ1v) is 4.62. The monoisotopic (exact) mass is 153 g/mol. The zero-order valence-corrected chi connectivity index (χ0v) is 6.79. The molecule has 0 aliphatic heterocycles. The van der Waals surface area contributed by atoms with Crippen molar-refractivity contribution in [1.82, 2.24) is 0 Å². The standard InChI is InChI=1S/C9H15NO/c11-10-9-6-5-7-3-1-2-4-8(7)9/h7-8,11H,1-6H2/b10-9+. The minimum Gasteiger partial charge on any atom is -0.411 e. The first kappa shape index (κ1) is 7.14. The van der Waals surface area contributed by atoms with Crippen LogP contribution in [0.4, 0.5) is 0 Å². The van der Waals surface area contributed by atoms with Gasteiger partial charge in [0, 0.05) is 5.92 Å². The first-order valence-electron chi connectivity index (χ1n) is 4.62. The van der Waals surface area contributed by atoms with Crippen LogP contribution >= 0.6 is 0 Å². The van der Waals surface area contributed by atoms with E-state index in [4.69, 9.17) is 5.21 Å². The second-order valence-electron chi connectivity index (χ2n) is 3.78. The van der Waals surface area contributed by atoms with Gasteiger partial charge in [-0.2, -0.15) is 0 Å². The maximum atomic E-state index is 8.69. The molecule has 2 rings (SSSR count). The number of oxime groups is 1. The number of hydrogen-bond acceptors (Lipinski definition) is 2. The Bertz CT molecular complexity index is 176. The Morgan fingerprint density at radius 2 is 2.00 bits per heavy atom. The molecule has 1 N–H and O–H groups in total. The molecule has 0 heterocycles. The van der Waals surface area contributed by atoms with Crippen LogP contribution in [0.2, 0.25) is 0 Å². The van der Waals surface area contributed by atoms with Crippen molar-refractivity contribution in [2.75, 3.05) is 0 Å². The average Bonchev–Trinajstić information content (AvgIpc) is 2.47. The number of rotatable bonds is 0. The van der Waals surface area contributed by atoms with Crippen LogP contribution < -0.4 is 0 Å². The minimum absolute atomic E-state index is 0.647. The fourth-order valence-electron chi connectivity index (χ4n) is 2.63. The lowest BCUT2D eigenvalue weighted by atomic mass is 9.81. The molecule has 0 saturated heterocycles. The Morgan fingerprint density at radius 1 is 1.18 bits per heavy atom. The van der Waals surface area contributed by atoms with Crippen molar-refractivity contribution in [2.24, 2.45) is 17.0 Å². The van der Waals surface area contributed by atoms with Crippen LogP contribution in [0.25, 0.3) is 0 Å². The Balaban J connectivity index is 2.10. The van der Waals surface area contributed by atoms with Gasteiger partial charge in [-0.1, -0.05) is 18.0 Å². The van der Waals surface area contributed by atoms with Gasteiger partial charge in [0.25, 0.3) is 0 Å². The van der Waals surface area contributed by atoms with Gasteiger partial charge in [0.2, 0.25) is 0 Å². The molecule has 0 aromatic heterocycles. The Labute approximate surface area is 67.3 Å². The van der Waals surface area contributed by atoms with Crippen molar-refractivity contribution < 1.29 is 5.21 Å². The lowest BCUT2D eigenvalue weighted by Crippen LogP contribution is -2.18. The smallest absolute Gasteiger partial charge is 0.0604 e. The lowest BCUT2D eigenvalue weighted by molar-refractivity contribution is 0.294. The molecular formula is C9H15NO. The molecule has 0 radical (unpaired) electrons. The largest absolute Gasteiger partial charge is 0.411 e. The number of fused-ring (bicyclic) bond motifs is 1. The van der Waals surface area contributed by atoms with Crippen LogP contribution in [0.3, 0.4) is 0 Å². The van der Waals surface area contributed by atoms with E-state index in [2.05, 4.69) is 5.16 Å². The Hall–Kier alpha value is -0.530. The molecule has 2 aliphatic carbocycles. The van der Waals surface area contributed by atoms with Crippen molar-refractivity contribution in [3.63, 3.8) is 0 Å². The highest BCUT2D eigenvalue weighted by molar-refractivity contribution is 5.88. The molecule has 2 aliphatic rings. The van der Waals surface area contributed by atoms with Gasteiger partial charge in [0.05, 0.1) is 5.71 Å².